The second kappa shape index (κ2) is 12.7. The van der Waals surface area contributed by atoms with Crippen LogP contribution in [0.1, 0.15) is 55.6 Å². The van der Waals surface area contributed by atoms with Crippen LogP contribution in [0.15, 0.2) is 47.4 Å². The molecule has 4 saturated carbocycles. The van der Waals surface area contributed by atoms with Crippen LogP contribution in [-0.4, -0.2) is 63.1 Å². The number of hydrogen-bond acceptors (Lipinski definition) is 7. The Labute approximate surface area is 258 Å². The first kappa shape index (κ1) is 30.2. The number of amides is 4. The minimum Gasteiger partial charge on any atom is -0.353 e. The first-order valence-electron chi connectivity index (χ1n) is 15.5. The number of nitrogens with one attached hydrogen (secondary N) is 5. The van der Waals surface area contributed by atoms with Crippen LogP contribution < -0.4 is 26.8 Å². The van der Waals surface area contributed by atoms with Gasteiger partial charge in [-0.1, -0.05) is 12.1 Å². The Morgan fingerprint density at radius 2 is 1.69 bits per heavy atom. The predicted octanol–water partition coefficient (Wildman–Crippen LogP) is 1.50. The lowest BCUT2D eigenvalue weighted by Crippen LogP contribution is -2.56. The van der Waals surface area contributed by atoms with E-state index in [2.05, 4.69) is 31.2 Å². The summed E-state index contributed by atoms with van der Waals surface area (Å²) in [6.07, 6.45) is 6.88. The fourth-order valence-corrected chi connectivity index (χ4v) is 7.61. The zero-order valence-electron chi connectivity index (χ0n) is 25.0. The number of aromatic nitrogens is 3. The smallest absolute Gasteiger partial charge is 0.287 e. The van der Waals surface area contributed by atoms with E-state index in [9.17, 15) is 28.8 Å². The van der Waals surface area contributed by atoms with E-state index in [-0.39, 0.29) is 42.8 Å². The van der Waals surface area contributed by atoms with Gasteiger partial charge in [0, 0.05) is 25.7 Å². The molecule has 4 amide bonds. The number of likely N-dealkylation sites (N-methyl/N-ethyl adjacent to an activating group) is 1. The number of aromatic amines is 1. The molecular weight excluding hydrogens is 578 g/mol. The SMILES string of the molecule is CNC(=O)C(=O)CC[C@H](NC(=O)c1nc2ccccc2[nH]1)C(=O)Nc1cccn(CC(=O)NC2C3CC4CC(C3)CC2C4)c1=O. The van der Waals surface area contributed by atoms with E-state index in [0.717, 1.165) is 37.5 Å². The average Bonchev–Trinajstić information content (AvgIpc) is 3.46. The molecule has 4 aliphatic rings. The number of ketones is 1. The number of nitrogens with zero attached hydrogens (tertiary/aromatic N) is 2. The number of pyridine rings is 1. The zero-order chi connectivity index (χ0) is 31.7. The van der Waals surface area contributed by atoms with Gasteiger partial charge in [0.1, 0.15) is 18.3 Å². The maximum atomic E-state index is 13.4. The van der Waals surface area contributed by atoms with Gasteiger partial charge in [0.2, 0.25) is 17.6 Å². The third-order valence-corrected chi connectivity index (χ3v) is 9.51. The number of hydrogen-bond donors (Lipinski definition) is 5. The standard InChI is InChI=1S/C32H37N7O6/c1-33-30(43)25(40)9-8-23(36-31(44)28-34-21-5-2-3-6-22(21)35-28)29(42)37-24-7-4-10-39(32(24)45)16-26(41)38-27-19-12-17-11-18(14-19)15-20(27)13-17/h2-7,10,17-20,23,27H,8-9,11-16H2,1H3,(H,33,43)(H,34,35)(H,36,44)(H,37,42)(H,38,41)/t17?,18?,19?,20?,23-,27?/m0/s1. The molecule has 13 heteroatoms. The third-order valence-electron chi connectivity index (χ3n) is 9.51. The molecule has 4 aliphatic carbocycles. The second-order valence-electron chi connectivity index (χ2n) is 12.5. The number of carbonyl (C=O) groups is 5. The van der Waals surface area contributed by atoms with Gasteiger partial charge in [-0.05, 0) is 86.5 Å². The van der Waals surface area contributed by atoms with Crippen molar-refractivity contribution in [3.63, 3.8) is 0 Å². The van der Waals surface area contributed by atoms with Crippen molar-refractivity contribution in [2.24, 2.45) is 23.7 Å². The quantitative estimate of drug-likeness (QED) is 0.202. The molecule has 3 aromatic rings. The maximum Gasteiger partial charge on any atom is 0.287 e. The van der Waals surface area contributed by atoms with Gasteiger partial charge in [-0.2, -0.15) is 0 Å². The van der Waals surface area contributed by atoms with E-state index in [1.165, 1.54) is 30.3 Å². The molecule has 13 nitrogen and oxygen atoms in total. The van der Waals surface area contributed by atoms with Crippen LogP contribution >= 0.6 is 0 Å². The van der Waals surface area contributed by atoms with E-state index in [0.29, 0.717) is 22.9 Å². The fourth-order valence-electron chi connectivity index (χ4n) is 7.61. The summed E-state index contributed by atoms with van der Waals surface area (Å²) < 4.78 is 1.23. The number of H-pyrrole nitrogens is 1. The van der Waals surface area contributed by atoms with Crippen molar-refractivity contribution in [2.45, 2.75) is 63.6 Å². The summed E-state index contributed by atoms with van der Waals surface area (Å²) in [7, 11) is 1.32. The van der Waals surface area contributed by atoms with Crippen LogP contribution in [0.4, 0.5) is 5.69 Å². The van der Waals surface area contributed by atoms with Crippen LogP contribution in [0.25, 0.3) is 11.0 Å². The highest BCUT2D eigenvalue weighted by atomic mass is 16.2. The summed E-state index contributed by atoms with van der Waals surface area (Å²) in [4.78, 5) is 83.9. The number of rotatable bonds is 11. The van der Waals surface area contributed by atoms with Crippen molar-refractivity contribution in [3.05, 3.63) is 58.8 Å². The summed E-state index contributed by atoms with van der Waals surface area (Å²) in [5, 5.41) is 10.5. The molecule has 2 aromatic heterocycles. The largest absolute Gasteiger partial charge is 0.353 e. The number of Topliss-reactive ketones (excluding diaryl/α,β-unsaturated/α-hetero) is 1. The van der Waals surface area contributed by atoms with Gasteiger partial charge in [0.15, 0.2) is 5.82 Å². The van der Waals surface area contributed by atoms with E-state index in [1.54, 1.807) is 30.3 Å². The van der Waals surface area contributed by atoms with Crippen molar-refractivity contribution < 1.29 is 24.0 Å². The molecule has 1 aromatic carbocycles. The molecule has 4 bridgehead atoms. The average molecular weight is 616 g/mol. The fraction of sp³-hybridized carbons (Fsp3) is 0.469. The highest BCUT2D eigenvalue weighted by molar-refractivity contribution is 6.36. The summed E-state index contributed by atoms with van der Waals surface area (Å²) in [6, 6.07) is 8.82. The summed E-state index contributed by atoms with van der Waals surface area (Å²) in [5.74, 6) is -0.806. The number of carbonyl (C=O) groups excluding carboxylic acids is 5. The molecule has 7 rings (SSSR count). The molecule has 5 N–H and O–H groups in total. The molecule has 4 fully saturated rings. The topological polar surface area (TPSA) is 184 Å². The van der Waals surface area contributed by atoms with Crippen LogP contribution in [0.5, 0.6) is 0 Å². The highest BCUT2D eigenvalue weighted by Gasteiger charge is 2.48. The van der Waals surface area contributed by atoms with Gasteiger partial charge < -0.3 is 30.8 Å². The first-order valence-corrected chi connectivity index (χ1v) is 15.5. The normalized spacial score (nSPS) is 23.7. The van der Waals surface area contributed by atoms with Crippen molar-refractivity contribution >= 4 is 46.1 Å². The Balaban J connectivity index is 1.13. The molecular formula is C32H37N7O6. The number of anilines is 1. The summed E-state index contributed by atoms with van der Waals surface area (Å²) in [5.41, 5.74) is 0.492. The van der Waals surface area contributed by atoms with Crippen LogP contribution in [0.2, 0.25) is 0 Å². The number of benzene rings is 1. The van der Waals surface area contributed by atoms with Gasteiger partial charge >= 0.3 is 0 Å². The monoisotopic (exact) mass is 615 g/mol. The molecule has 0 unspecified atom stereocenters. The second-order valence-corrected chi connectivity index (χ2v) is 12.5. The number of imidazole rings is 1. The summed E-state index contributed by atoms with van der Waals surface area (Å²) >= 11 is 0. The van der Waals surface area contributed by atoms with Crippen LogP contribution in [-0.2, 0) is 25.7 Å². The van der Waals surface area contributed by atoms with E-state index >= 15 is 0 Å². The third kappa shape index (κ3) is 6.52. The Hall–Kier alpha value is -4.81. The predicted molar refractivity (Wildman–Crippen MR) is 164 cm³/mol. The van der Waals surface area contributed by atoms with E-state index < -0.39 is 35.1 Å². The number of para-hydroxylation sites is 2. The minimum atomic E-state index is -1.28. The van der Waals surface area contributed by atoms with Crippen molar-refractivity contribution in [2.75, 3.05) is 12.4 Å². The molecule has 0 aliphatic heterocycles. The lowest BCUT2D eigenvalue weighted by Gasteiger charge is -2.54. The highest BCUT2D eigenvalue weighted by Crippen LogP contribution is 2.53. The van der Waals surface area contributed by atoms with Crippen LogP contribution in [0.3, 0.4) is 0 Å². The molecule has 45 heavy (non-hydrogen) atoms. The van der Waals surface area contributed by atoms with Gasteiger partial charge in [0.25, 0.3) is 17.4 Å². The maximum absolute atomic E-state index is 13.4. The van der Waals surface area contributed by atoms with Gasteiger partial charge in [-0.25, -0.2) is 4.98 Å². The van der Waals surface area contributed by atoms with Gasteiger partial charge in [-0.15, -0.1) is 0 Å². The molecule has 236 valence electrons. The minimum absolute atomic E-state index is 0.0427. The van der Waals surface area contributed by atoms with E-state index in [4.69, 9.17) is 0 Å². The van der Waals surface area contributed by atoms with Crippen molar-refractivity contribution in [1.82, 2.24) is 30.5 Å². The zero-order valence-corrected chi connectivity index (χ0v) is 25.0. The Bertz CT molecular complexity index is 1650. The molecule has 0 spiro atoms. The Morgan fingerprint density at radius 1 is 0.978 bits per heavy atom. The molecule has 1 atom stereocenters. The van der Waals surface area contributed by atoms with E-state index in [1.807, 2.05) is 0 Å². The van der Waals surface area contributed by atoms with Crippen LogP contribution in [0, 0.1) is 23.7 Å². The lowest BCUT2D eigenvalue weighted by molar-refractivity contribution is -0.137. The molecule has 2 heterocycles. The molecule has 0 saturated heterocycles. The first-order chi connectivity index (χ1) is 21.7. The van der Waals surface area contributed by atoms with Crippen molar-refractivity contribution in [1.29, 1.82) is 0 Å². The Morgan fingerprint density at radius 3 is 2.38 bits per heavy atom. The van der Waals surface area contributed by atoms with Gasteiger partial charge in [0.05, 0.1) is 11.0 Å². The molecule has 0 radical (unpaired) electrons. The van der Waals surface area contributed by atoms with Gasteiger partial charge in [-0.3, -0.25) is 28.8 Å². The number of fused-ring (bicyclic) bond motifs is 1. The Kier molecular flexibility index (Phi) is 8.50. The van der Waals surface area contributed by atoms with Crippen molar-refractivity contribution in [3.8, 4) is 0 Å². The lowest BCUT2D eigenvalue weighted by atomic mass is 9.54. The summed E-state index contributed by atoms with van der Waals surface area (Å²) in [6.45, 7) is -0.196.